The van der Waals surface area contributed by atoms with Crippen molar-refractivity contribution in [2.45, 2.75) is 33.1 Å². The van der Waals surface area contributed by atoms with Crippen molar-refractivity contribution in [3.05, 3.63) is 64.7 Å². The molecule has 1 amide bonds. The average Bonchev–Trinajstić information content (AvgIpc) is 3.32. The summed E-state index contributed by atoms with van der Waals surface area (Å²) in [6.07, 6.45) is 2.10. The first-order chi connectivity index (χ1) is 16.8. The number of rotatable bonds is 7. The Morgan fingerprint density at radius 1 is 1.09 bits per heavy atom. The minimum absolute atomic E-state index is 0.0715. The number of nitrogens with zero attached hydrogens (tertiary/aromatic N) is 2. The summed E-state index contributed by atoms with van der Waals surface area (Å²) >= 11 is 0. The van der Waals surface area contributed by atoms with Crippen LogP contribution >= 0.6 is 0 Å². The van der Waals surface area contributed by atoms with Gasteiger partial charge >= 0.3 is 0 Å². The molecule has 0 aromatic heterocycles. The van der Waals surface area contributed by atoms with Gasteiger partial charge in [-0.3, -0.25) is 19.6 Å². The molecular formula is C28H37N3O4. The summed E-state index contributed by atoms with van der Waals surface area (Å²) in [5.41, 5.74) is 5.49. The van der Waals surface area contributed by atoms with Crippen molar-refractivity contribution in [3.8, 4) is 5.75 Å². The first-order valence-electron chi connectivity index (χ1n) is 12.3. The lowest BCUT2D eigenvalue weighted by atomic mass is 9.86. The summed E-state index contributed by atoms with van der Waals surface area (Å²) in [6.45, 7) is 14.2. The molecule has 1 fully saturated rings. The van der Waals surface area contributed by atoms with Gasteiger partial charge in [-0.25, -0.2) is 0 Å². The molecule has 7 nitrogen and oxygen atoms in total. The van der Waals surface area contributed by atoms with Crippen molar-refractivity contribution in [1.82, 2.24) is 9.96 Å². The molecule has 35 heavy (non-hydrogen) atoms. The van der Waals surface area contributed by atoms with Crippen molar-refractivity contribution < 1.29 is 19.1 Å². The number of nitrogens with one attached hydrogen (secondary N) is 1. The highest BCUT2D eigenvalue weighted by atomic mass is 16.7. The monoisotopic (exact) mass is 479 g/mol. The predicted octanol–water partition coefficient (Wildman–Crippen LogP) is 4.47. The maximum atomic E-state index is 13.3. The number of hydrogen-bond acceptors (Lipinski definition) is 6. The molecule has 0 atom stereocenters. The Hall–Kier alpha value is -2.87. The summed E-state index contributed by atoms with van der Waals surface area (Å²) < 4.78 is 10.9. The van der Waals surface area contributed by atoms with Crippen LogP contribution in [-0.2, 0) is 15.0 Å². The van der Waals surface area contributed by atoms with Crippen LogP contribution in [0.15, 0.2) is 42.5 Å². The van der Waals surface area contributed by atoms with E-state index in [1.165, 1.54) is 0 Å². The van der Waals surface area contributed by atoms with Gasteiger partial charge in [0, 0.05) is 30.9 Å². The third kappa shape index (κ3) is 6.04. The van der Waals surface area contributed by atoms with Crippen LogP contribution in [0.3, 0.4) is 0 Å². The summed E-state index contributed by atoms with van der Waals surface area (Å²) in [4.78, 5) is 21.6. The average molecular weight is 480 g/mol. The van der Waals surface area contributed by atoms with Gasteiger partial charge in [-0.15, -0.1) is 0 Å². The largest absolute Gasteiger partial charge is 0.496 e. The molecule has 2 aromatic rings. The Bertz CT molecular complexity index is 1080. The minimum atomic E-state index is -0.191. The van der Waals surface area contributed by atoms with E-state index >= 15 is 0 Å². The number of hydrogen-bond donors (Lipinski definition) is 1. The quantitative estimate of drug-likeness (QED) is 0.632. The summed E-state index contributed by atoms with van der Waals surface area (Å²) in [6, 6.07) is 11.8. The summed E-state index contributed by atoms with van der Waals surface area (Å²) in [7, 11) is 1.59. The standard InChI is InChI=1S/C28H37N3O4/c1-20-6-8-22(29-27(32)24-18-21(28(2,3)4)7-9-26(24)33-5)19-23(20)25-10-15-35-31(25)12-11-30-13-16-34-17-14-30/h6-10,18-19H,11-17H2,1-5H3,(H,29,32). The van der Waals surface area contributed by atoms with Crippen LogP contribution in [0.5, 0.6) is 5.75 Å². The molecule has 0 spiro atoms. The highest BCUT2D eigenvalue weighted by molar-refractivity contribution is 6.06. The molecule has 2 aliphatic heterocycles. The van der Waals surface area contributed by atoms with Crippen molar-refractivity contribution in [2.24, 2.45) is 0 Å². The lowest BCUT2D eigenvalue weighted by molar-refractivity contribution is -0.0871. The number of aryl methyl sites for hydroxylation is 1. The second-order valence-corrected chi connectivity index (χ2v) is 10.1. The van der Waals surface area contributed by atoms with Crippen LogP contribution in [0.1, 0.15) is 47.8 Å². The second-order valence-electron chi connectivity index (χ2n) is 10.1. The van der Waals surface area contributed by atoms with E-state index in [9.17, 15) is 4.79 Å². The minimum Gasteiger partial charge on any atom is -0.496 e. The molecule has 2 aliphatic rings. The fourth-order valence-corrected chi connectivity index (χ4v) is 4.39. The van der Waals surface area contributed by atoms with E-state index in [-0.39, 0.29) is 11.3 Å². The maximum absolute atomic E-state index is 13.3. The van der Waals surface area contributed by atoms with E-state index in [4.69, 9.17) is 14.3 Å². The first-order valence-corrected chi connectivity index (χ1v) is 12.3. The number of carbonyl (C=O) groups excluding carboxylic acids is 1. The second kappa shape index (κ2) is 10.8. The lowest BCUT2D eigenvalue weighted by Gasteiger charge is -2.29. The van der Waals surface area contributed by atoms with E-state index in [0.717, 1.165) is 67.5 Å². The van der Waals surface area contributed by atoms with Crippen molar-refractivity contribution >= 4 is 17.3 Å². The van der Waals surface area contributed by atoms with E-state index in [0.29, 0.717) is 17.9 Å². The fourth-order valence-electron chi connectivity index (χ4n) is 4.39. The summed E-state index contributed by atoms with van der Waals surface area (Å²) in [5, 5.41) is 5.05. The zero-order valence-electron chi connectivity index (χ0n) is 21.5. The first kappa shape index (κ1) is 25.2. The van der Waals surface area contributed by atoms with Crippen LogP contribution in [-0.4, -0.2) is 69.0 Å². The molecule has 0 bridgehead atoms. The third-order valence-electron chi connectivity index (χ3n) is 6.58. The third-order valence-corrected chi connectivity index (χ3v) is 6.58. The number of benzene rings is 2. The van der Waals surface area contributed by atoms with Gasteiger partial charge in [0.15, 0.2) is 0 Å². The maximum Gasteiger partial charge on any atom is 0.259 e. The SMILES string of the molecule is COc1ccc(C(C)(C)C)cc1C(=O)Nc1ccc(C)c(C2=CCON2CCN2CCOCC2)c1. The van der Waals surface area contributed by atoms with Gasteiger partial charge in [-0.1, -0.05) is 32.9 Å². The van der Waals surface area contributed by atoms with Gasteiger partial charge in [0.2, 0.25) is 0 Å². The fraction of sp³-hybridized carbons (Fsp3) is 0.464. The molecule has 0 saturated carbocycles. The number of methoxy groups -OCH3 is 1. The molecule has 1 N–H and O–H groups in total. The predicted molar refractivity (Wildman–Crippen MR) is 139 cm³/mol. The molecule has 4 rings (SSSR count). The highest BCUT2D eigenvalue weighted by Gasteiger charge is 2.23. The Labute approximate surface area is 208 Å². The topological polar surface area (TPSA) is 63.3 Å². The molecule has 1 saturated heterocycles. The van der Waals surface area contributed by atoms with Crippen molar-refractivity contribution in [1.29, 1.82) is 0 Å². The highest BCUT2D eigenvalue weighted by Crippen LogP contribution is 2.31. The van der Waals surface area contributed by atoms with E-state index < -0.39 is 0 Å². The summed E-state index contributed by atoms with van der Waals surface area (Å²) in [5.74, 6) is 0.368. The van der Waals surface area contributed by atoms with Gasteiger partial charge in [-0.2, -0.15) is 0 Å². The molecule has 0 radical (unpaired) electrons. The van der Waals surface area contributed by atoms with Gasteiger partial charge < -0.3 is 14.8 Å². The van der Waals surface area contributed by atoms with Gasteiger partial charge in [0.1, 0.15) is 5.75 Å². The van der Waals surface area contributed by atoms with Crippen LogP contribution < -0.4 is 10.1 Å². The molecule has 0 aliphatic carbocycles. The smallest absolute Gasteiger partial charge is 0.259 e. The molecule has 7 heteroatoms. The zero-order chi connectivity index (χ0) is 25.0. The Kier molecular flexibility index (Phi) is 7.79. The van der Waals surface area contributed by atoms with Crippen LogP contribution in [0.2, 0.25) is 0 Å². The van der Waals surface area contributed by atoms with Crippen LogP contribution in [0, 0.1) is 6.92 Å². The lowest BCUT2D eigenvalue weighted by Crippen LogP contribution is -2.40. The number of anilines is 1. The van der Waals surface area contributed by atoms with Gasteiger partial charge in [-0.05, 0) is 53.8 Å². The number of amides is 1. The van der Waals surface area contributed by atoms with Crippen molar-refractivity contribution in [3.63, 3.8) is 0 Å². The van der Waals surface area contributed by atoms with Crippen LogP contribution in [0.4, 0.5) is 5.69 Å². The molecule has 0 unspecified atom stereocenters. The van der Waals surface area contributed by atoms with Gasteiger partial charge in [0.25, 0.3) is 5.91 Å². The number of hydroxylamine groups is 2. The van der Waals surface area contributed by atoms with Crippen LogP contribution in [0.25, 0.3) is 5.70 Å². The van der Waals surface area contributed by atoms with Gasteiger partial charge in [0.05, 0.1) is 44.7 Å². The van der Waals surface area contributed by atoms with E-state index in [2.05, 4.69) is 44.0 Å². The van der Waals surface area contributed by atoms with E-state index in [1.807, 2.05) is 41.5 Å². The normalized spacial score (nSPS) is 16.8. The number of ether oxygens (including phenoxy) is 2. The zero-order valence-corrected chi connectivity index (χ0v) is 21.5. The Morgan fingerprint density at radius 2 is 1.86 bits per heavy atom. The van der Waals surface area contributed by atoms with Crippen molar-refractivity contribution in [2.75, 3.05) is 58.4 Å². The molecule has 188 valence electrons. The molecular weight excluding hydrogens is 442 g/mol. The number of carbonyl (C=O) groups is 1. The molecule has 2 heterocycles. The Morgan fingerprint density at radius 3 is 2.57 bits per heavy atom. The van der Waals surface area contributed by atoms with E-state index in [1.54, 1.807) is 7.11 Å². The number of morpholine rings is 1. The Balaban J connectivity index is 1.51. The molecule has 2 aromatic carbocycles.